The zero-order valence-electron chi connectivity index (χ0n) is 11.4. The van der Waals surface area contributed by atoms with Crippen LogP contribution in [-0.2, 0) is 4.79 Å². The van der Waals surface area contributed by atoms with Crippen molar-refractivity contribution < 1.29 is 14.8 Å². The molecule has 20 heavy (non-hydrogen) atoms. The summed E-state index contributed by atoms with van der Waals surface area (Å²) < 4.78 is 0. The number of carbonyl (C=O) groups is 2. The second kappa shape index (κ2) is 6.38. The summed E-state index contributed by atoms with van der Waals surface area (Å²) in [6.07, 6.45) is 1.32. The number of nitrogens with zero attached hydrogens (tertiary/aromatic N) is 1. The molecule has 1 aliphatic rings. The summed E-state index contributed by atoms with van der Waals surface area (Å²) in [6.45, 7) is 2.41. The van der Waals surface area contributed by atoms with Gasteiger partial charge in [-0.1, -0.05) is 30.3 Å². The Hall–Kier alpha value is -2.08. The highest BCUT2D eigenvalue weighted by Crippen LogP contribution is 2.19. The van der Waals surface area contributed by atoms with E-state index in [1.807, 2.05) is 37.3 Å². The van der Waals surface area contributed by atoms with Crippen LogP contribution in [-0.4, -0.2) is 34.6 Å². The van der Waals surface area contributed by atoms with Crippen LogP contribution in [0.15, 0.2) is 30.3 Å². The Kier molecular flexibility index (Phi) is 4.57. The molecule has 1 aliphatic heterocycles. The molecule has 3 N–H and O–H groups in total. The van der Waals surface area contributed by atoms with Gasteiger partial charge in [-0.3, -0.25) is 10.0 Å². The summed E-state index contributed by atoms with van der Waals surface area (Å²) in [6, 6.07) is 8.60. The minimum absolute atomic E-state index is 0.137. The van der Waals surface area contributed by atoms with Gasteiger partial charge in [-0.15, -0.1) is 0 Å². The molecule has 1 fully saturated rings. The van der Waals surface area contributed by atoms with Gasteiger partial charge in [0.1, 0.15) is 6.04 Å². The molecular formula is C14H19N3O3. The van der Waals surface area contributed by atoms with E-state index in [2.05, 4.69) is 5.32 Å². The van der Waals surface area contributed by atoms with Gasteiger partial charge in [0.2, 0.25) is 0 Å². The minimum Gasteiger partial charge on any atom is -0.331 e. The van der Waals surface area contributed by atoms with Crippen LogP contribution in [0.1, 0.15) is 31.4 Å². The average molecular weight is 277 g/mol. The summed E-state index contributed by atoms with van der Waals surface area (Å²) in [5.41, 5.74) is 2.62. The Labute approximate surface area is 117 Å². The van der Waals surface area contributed by atoms with E-state index in [4.69, 9.17) is 5.21 Å². The first-order valence-electron chi connectivity index (χ1n) is 6.69. The van der Waals surface area contributed by atoms with E-state index in [1.165, 1.54) is 4.90 Å². The fraction of sp³-hybridized carbons (Fsp3) is 0.429. The molecule has 2 atom stereocenters. The summed E-state index contributed by atoms with van der Waals surface area (Å²) in [5, 5.41) is 11.6. The molecule has 3 amide bonds. The number of rotatable bonds is 3. The van der Waals surface area contributed by atoms with Gasteiger partial charge in [-0.2, -0.15) is 0 Å². The number of likely N-dealkylation sites (tertiary alicyclic amines) is 1. The van der Waals surface area contributed by atoms with Gasteiger partial charge >= 0.3 is 6.03 Å². The van der Waals surface area contributed by atoms with Gasteiger partial charge in [0.15, 0.2) is 0 Å². The molecule has 0 radical (unpaired) electrons. The van der Waals surface area contributed by atoms with Gasteiger partial charge in [-0.05, 0) is 25.3 Å². The van der Waals surface area contributed by atoms with Crippen molar-refractivity contribution in [3.8, 4) is 0 Å². The van der Waals surface area contributed by atoms with Crippen molar-refractivity contribution in [2.24, 2.45) is 0 Å². The fourth-order valence-corrected chi connectivity index (χ4v) is 2.45. The van der Waals surface area contributed by atoms with Crippen molar-refractivity contribution in [3.05, 3.63) is 35.9 Å². The number of benzene rings is 1. The number of amides is 3. The molecule has 1 aromatic rings. The maximum absolute atomic E-state index is 12.2. The number of hydrogen-bond acceptors (Lipinski definition) is 3. The van der Waals surface area contributed by atoms with Gasteiger partial charge in [-0.25, -0.2) is 10.3 Å². The van der Waals surface area contributed by atoms with Crippen molar-refractivity contribution in [3.63, 3.8) is 0 Å². The van der Waals surface area contributed by atoms with Gasteiger partial charge in [0.05, 0.1) is 6.04 Å². The largest absolute Gasteiger partial charge is 0.331 e. The second-order valence-corrected chi connectivity index (χ2v) is 4.91. The Morgan fingerprint density at radius 3 is 2.70 bits per heavy atom. The highest BCUT2D eigenvalue weighted by molar-refractivity contribution is 5.87. The van der Waals surface area contributed by atoms with Crippen LogP contribution in [0.25, 0.3) is 0 Å². The van der Waals surface area contributed by atoms with Crippen molar-refractivity contribution in [1.29, 1.82) is 0 Å². The second-order valence-electron chi connectivity index (χ2n) is 4.91. The minimum atomic E-state index is -0.594. The third kappa shape index (κ3) is 3.08. The van der Waals surface area contributed by atoms with Gasteiger partial charge < -0.3 is 10.2 Å². The van der Waals surface area contributed by atoms with E-state index in [0.29, 0.717) is 13.0 Å². The lowest BCUT2D eigenvalue weighted by Gasteiger charge is -2.25. The summed E-state index contributed by atoms with van der Waals surface area (Å²) >= 11 is 0. The van der Waals surface area contributed by atoms with Crippen LogP contribution in [0.5, 0.6) is 0 Å². The molecular weight excluding hydrogens is 258 g/mol. The Morgan fingerprint density at radius 2 is 2.05 bits per heavy atom. The lowest BCUT2D eigenvalue weighted by atomic mass is 10.1. The SMILES string of the molecule is CC(NC(=O)N1CCC[C@@H]1C(=O)NO)c1ccccc1. The number of hydroxylamine groups is 1. The highest BCUT2D eigenvalue weighted by Gasteiger charge is 2.34. The van der Waals surface area contributed by atoms with Gasteiger partial charge in [0, 0.05) is 6.54 Å². The van der Waals surface area contributed by atoms with E-state index >= 15 is 0 Å². The van der Waals surface area contributed by atoms with E-state index in [0.717, 1.165) is 12.0 Å². The van der Waals surface area contributed by atoms with Crippen LogP contribution in [0.3, 0.4) is 0 Å². The van der Waals surface area contributed by atoms with Crippen LogP contribution < -0.4 is 10.8 Å². The van der Waals surface area contributed by atoms with Gasteiger partial charge in [0.25, 0.3) is 5.91 Å². The molecule has 0 aromatic heterocycles. The monoisotopic (exact) mass is 277 g/mol. The molecule has 0 bridgehead atoms. The number of hydrogen-bond donors (Lipinski definition) is 3. The first-order valence-corrected chi connectivity index (χ1v) is 6.69. The first kappa shape index (κ1) is 14.3. The smallest absolute Gasteiger partial charge is 0.318 e. The third-order valence-corrected chi connectivity index (χ3v) is 3.57. The molecule has 0 spiro atoms. The maximum Gasteiger partial charge on any atom is 0.318 e. The topological polar surface area (TPSA) is 81.7 Å². The molecule has 0 aliphatic carbocycles. The molecule has 1 saturated heterocycles. The van der Waals surface area contributed by atoms with Crippen molar-refractivity contribution in [1.82, 2.24) is 15.7 Å². The molecule has 6 nitrogen and oxygen atoms in total. The lowest BCUT2D eigenvalue weighted by Crippen LogP contribution is -2.49. The zero-order valence-corrected chi connectivity index (χ0v) is 11.4. The lowest BCUT2D eigenvalue weighted by molar-refractivity contribution is -0.133. The molecule has 1 aromatic carbocycles. The van der Waals surface area contributed by atoms with Crippen LogP contribution >= 0.6 is 0 Å². The number of nitrogens with one attached hydrogen (secondary N) is 2. The Bertz CT molecular complexity index is 478. The maximum atomic E-state index is 12.2. The molecule has 1 heterocycles. The zero-order chi connectivity index (χ0) is 14.5. The quantitative estimate of drug-likeness (QED) is 0.577. The molecule has 2 rings (SSSR count). The predicted octanol–water partition coefficient (Wildman–Crippen LogP) is 1.43. The first-order chi connectivity index (χ1) is 9.63. The van der Waals surface area contributed by atoms with E-state index in [1.54, 1.807) is 5.48 Å². The highest BCUT2D eigenvalue weighted by atomic mass is 16.5. The van der Waals surface area contributed by atoms with Crippen LogP contribution in [0.2, 0.25) is 0 Å². The summed E-state index contributed by atoms with van der Waals surface area (Å²) in [4.78, 5) is 25.2. The standard InChI is InChI=1S/C14H19N3O3/c1-10(11-6-3-2-4-7-11)15-14(19)17-9-5-8-12(17)13(18)16-20/h2-4,6-7,10,12,20H,5,8-9H2,1H3,(H,15,19)(H,16,18)/t10?,12-/m1/s1. The Morgan fingerprint density at radius 1 is 1.35 bits per heavy atom. The molecule has 108 valence electrons. The predicted molar refractivity (Wildman–Crippen MR) is 73.0 cm³/mol. The fourth-order valence-electron chi connectivity index (χ4n) is 2.45. The van der Waals surface area contributed by atoms with Crippen LogP contribution in [0.4, 0.5) is 4.79 Å². The van der Waals surface area contributed by atoms with E-state index < -0.39 is 11.9 Å². The van der Waals surface area contributed by atoms with Crippen molar-refractivity contribution in [2.45, 2.75) is 31.8 Å². The van der Waals surface area contributed by atoms with E-state index in [9.17, 15) is 9.59 Å². The third-order valence-electron chi connectivity index (χ3n) is 3.57. The number of carbonyl (C=O) groups excluding carboxylic acids is 2. The van der Waals surface area contributed by atoms with Crippen molar-refractivity contribution >= 4 is 11.9 Å². The normalized spacial score (nSPS) is 19.5. The number of urea groups is 1. The molecule has 1 unspecified atom stereocenters. The Balaban J connectivity index is 1.99. The summed E-state index contributed by atoms with van der Waals surface area (Å²) in [5.74, 6) is -0.537. The summed E-state index contributed by atoms with van der Waals surface area (Å²) in [7, 11) is 0. The molecule has 6 heteroatoms. The average Bonchev–Trinajstić information content (AvgIpc) is 2.96. The molecule has 0 saturated carbocycles. The van der Waals surface area contributed by atoms with E-state index in [-0.39, 0.29) is 12.1 Å². The van der Waals surface area contributed by atoms with Crippen molar-refractivity contribution in [2.75, 3.05) is 6.54 Å². The van der Waals surface area contributed by atoms with Crippen LogP contribution in [0, 0.1) is 0 Å².